The first-order chi connectivity index (χ1) is 9.70. The average molecular weight is 284 g/mol. The first kappa shape index (κ1) is 12.6. The summed E-state index contributed by atoms with van der Waals surface area (Å²) in [6.07, 6.45) is 5.18. The summed E-state index contributed by atoms with van der Waals surface area (Å²) in [5.41, 5.74) is 5.69. The summed E-state index contributed by atoms with van der Waals surface area (Å²) >= 11 is 5.01. The summed E-state index contributed by atoms with van der Waals surface area (Å²) in [4.78, 5) is 8.82. The van der Waals surface area contributed by atoms with E-state index in [1.165, 1.54) is 0 Å². The van der Waals surface area contributed by atoms with Crippen LogP contribution >= 0.6 is 12.2 Å². The number of hydrogen-bond donors (Lipinski definition) is 1. The molecule has 1 aromatic carbocycles. The maximum Gasteiger partial charge on any atom is 0.173 e. The summed E-state index contributed by atoms with van der Waals surface area (Å²) < 4.78 is 7.02. The second-order valence-electron chi connectivity index (χ2n) is 4.21. The highest BCUT2D eigenvalue weighted by Gasteiger charge is 2.11. The number of aromatic nitrogens is 3. The highest BCUT2D eigenvalue weighted by atomic mass is 32.1. The first-order valence-electron chi connectivity index (χ1n) is 5.97. The molecule has 0 fully saturated rings. The van der Waals surface area contributed by atoms with E-state index in [4.69, 9.17) is 22.7 Å². The van der Waals surface area contributed by atoms with Crippen molar-refractivity contribution in [3.63, 3.8) is 0 Å². The molecule has 100 valence electrons. The van der Waals surface area contributed by atoms with Crippen LogP contribution in [0.3, 0.4) is 0 Å². The zero-order valence-corrected chi connectivity index (χ0v) is 11.6. The van der Waals surface area contributed by atoms with Gasteiger partial charge in [0.25, 0.3) is 0 Å². The lowest BCUT2D eigenvalue weighted by Gasteiger charge is -2.10. The average Bonchev–Trinajstić information content (AvgIpc) is 2.95. The van der Waals surface area contributed by atoms with Crippen LogP contribution in [-0.2, 0) is 0 Å². The van der Waals surface area contributed by atoms with Gasteiger partial charge in [-0.2, -0.15) is 0 Å². The minimum absolute atomic E-state index is 0.238. The van der Waals surface area contributed by atoms with Crippen LogP contribution in [0.1, 0.15) is 5.82 Å². The van der Waals surface area contributed by atoms with Crippen molar-refractivity contribution in [2.75, 3.05) is 7.11 Å². The van der Waals surface area contributed by atoms with E-state index < -0.39 is 0 Å². The van der Waals surface area contributed by atoms with E-state index in [2.05, 4.69) is 9.97 Å². The number of nitrogens with two attached hydrogens (primary N) is 1. The molecule has 0 radical (unpaired) electrons. The van der Waals surface area contributed by atoms with Gasteiger partial charge in [-0.05, 0) is 29.7 Å². The van der Waals surface area contributed by atoms with Crippen molar-refractivity contribution >= 4 is 28.0 Å². The summed E-state index contributed by atoms with van der Waals surface area (Å²) in [5.74, 6) is 2.07. The molecule has 0 spiro atoms. The number of pyridine rings is 1. The Morgan fingerprint density at radius 3 is 2.85 bits per heavy atom. The third-order valence-corrected chi connectivity index (χ3v) is 3.22. The highest BCUT2D eigenvalue weighted by Crippen LogP contribution is 2.25. The Balaban J connectivity index is 2.26. The van der Waals surface area contributed by atoms with Gasteiger partial charge in [-0.3, -0.25) is 4.57 Å². The fourth-order valence-electron chi connectivity index (χ4n) is 2.12. The molecule has 5 nitrogen and oxygen atoms in total. The maximum atomic E-state index is 5.69. The SMILES string of the molecule is COc1ccc2c(-n3ccnc3C(N)=S)nccc2c1. The zero-order chi connectivity index (χ0) is 14.1. The predicted octanol–water partition coefficient (Wildman–Crippen LogP) is 2.06. The van der Waals surface area contributed by atoms with Crippen LogP contribution in [0.5, 0.6) is 5.75 Å². The van der Waals surface area contributed by atoms with Crippen LogP contribution in [0.4, 0.5) is 0 Å². The van der Waals surface area contributed by atoms with Crippen molar-refractivity contribution in [1.29, 1.82) is 0 Å². The van der Waals surface area contributed by atoms with E-state index >= 15 is 0 Å². The van der Waals surface area contributed by atoms with Gasteiger partial charge in [0.2, 0.25) is 0 Å². The molecule has 0 atom stereocenters. The van der Waals surface area contributed by atoms with Gasteiger partial charge >= 0.3 is 0 Å². The molecule has 0 unspecified atom stereocenters. The number of thiocarbonyl (C=S) groups is 1. The minimum atomic E-state index is 0.238. The molecule has 3 rings (SSSR count). The van der Waals surface area contributed by atoms with Gasteiger partial charge in [0.1, 0.15) is 16.6 Å². The van der Waals surface area contributed by atoms with Gasteiger partial charge in [0.05, 0.1) is 7.11 Å². The Kier molecular flexibility index (Phi) is 3.08. The summed E-state index contributed by atoms with van der Waals surface area (Å²) in [6, 6.07) is 7.74. The van der Waals surface area contributed by atoms with Crippen LogP contribution in [0, 0.1) is 0 Å². The third-order valence-electron chi connectivity index (χ3n) is 3.04. The summed E-state index contributed by atoms with van der Waals surface area (Å²) in [5, 5.41) is 2.00. The number of rotatable bonds is 3. The topological polar surface area (TPSA) is 66.0 Å². The number of ether oxygens (including phenoxy) is 1. The van der Waals surface area contributed by atoms with Crippen molar-refractivity contribution in [2.45, 2.75) is 0 Å². The highest BCUT2D eigenvalue weighted by molar-refractivity contribution is 7.80. The number of nitrogens with zero attached hydrogens (tertiary/aromatic N) is 3. The van der Waals surface area contributed by atoms with Gasteiger partial charge in [-0.1, -0.05) is 12.2 Å². The molecule has 2 N–H and O–H groups in total. The van der Waals surface area contributed by atoms with Gasteiger partial charge in [-0.25, -0.2) is 9.97 Å². The Morgan fingerprint density at radius 1 is 1.25 bits per heavy atom. The number of benzene rings is 1. The molecule has 0 saturated carbocycles. The first-order valence-corrected chi connectivity index (χ1v) is 6.38. The van der Waals surface area contributed by atoms with Crippen LogP contribution < -0.4 is 10.5 Å². The number of methoxy groups -OCH3 is 1. The second-order valence-corrected chi connectivity index (χ2v) is 4.65. The maximum absolute atomic E-state index is 5.69. The van der Waals surface area contributed by atoms with Gasteiger partial charge < -0.3 is 10.5 Å². The molecule has 20 heavy (non-hydrogen) atoms. The fourth-order valence-corrected chi connectivity index (χ4v) is 2.27. The lowest BCUT2D eigenvalue weighted by Crippen LogP contribution is -2.16. The standard InChI is InChI=1S/C14H12N4OS/c1-19-10-2-3-11-9(8-10)4-5-16-13(11)18-7-6-17-14(18)12(15)20/h2-8H,1H3,(H2,15,20). The molecule has 2 aromatic heterocycles. The fraction of sp³-hybridized carbons (Fsp3) is 0.0714. The predicted molar refractivity (Wildman–Crippen MR) is 81.3 cm³/mol. The quantitative estimate of drug-likeness (QED) is 0.746. The molecular weight excluding hydrogens is 272 g/mol. The summed E-state index contributed by atoms with van der Waals surface area (Å²) in [7, 11) is 1.64. The largest absolute Gasteiger partial charge is 0.497 e. The Labute approximate surface area is 121 Å². The molecule has 6 heteroatoms. The molecule has 0 saturated heterocycles. The van der Waals surface area contributed by atoms with E-state index in [0.717, 1.165) is 22.3 Å². The Bertz CT molecular complexity index is 797. The van der Waals surface area contributed by atoms with E-state index in [1.807, 2.05) is 24.3 Å². The molecular formula is C14H12N4OS. The van der Waals surface area contributed by atoms with Crippen molar-refractivity contribution in [2.24, 2.45) is 5.73 Å². The monoisotopic (exact) mass is 284 g/mol. The van der Waals surface area contributed by atoms with E-state index in [-0.39, 0.29) is 4.99 Å². The lowest BCUT2D eigenvalue weighted by atomic mass is 10.1. The Hall–Kier alpha value is -2.47. The third kappa shape index (κ3) is 2.00. The molecule has 0 amide bonds. The van der Waals surface area contributed by atoms with Crippen molar-refractivity contribution in [3.05, 3.63) is 48.7 Å². The summed E-state index contributed by atoms with van der Waals surface area (Å²) in [6.45, 7) is 0. The minimum Gasteiger partial charge on any atom is -0.497 e. The van der Waals surface area contributed by atoms with Crippen molar-refractivity contribution in [1.82, 2.24) is 14.5 Å². The molecule has 0 aliphatic carbocycles. The van der Waals surface area contributed by atoms with Crippen LogP contribution in [0.15, 0.2) is 42.9 Å². The van der Waals surface area contributed by atoms with Gasteiger partial charge in [0, 0.05) is 24.0 Å². The van der Waals surface area contributed by atoms with Gasteiger partial charge in [0.15, 0.2) is 5.82 Å². The number of fused-ring (bicyclic) bond motifs is 1. The molecule has 0 aliphatic rings. The smallest absolute Gasteiger partial charge is 0.173 e. The van der Waals surface area contributed by atoms with Crippen LogP contribution in [-0.4, -0.2) is 26.6 Å². The molecule has 0 aliphatic heterocycles. The normalized spacial score (nSPS) is 10.7. The van der Waals surface area contributed by atoms with E-state index in [0.29, 0.717) is 5.82 Å². The molecule has 0 bridgehead atoms. The van der Waals surface area contributed by atoms with Crippen molar-refractivity contribution < 1.29 is 4.74 Å². The Morgan fingerprint density at radius 2 is 2.10 bits per heavy atom. The second kappa shape index (κ2) is 4.90. The number of imidazole rings is 1. The van der Waals surface area contributed by atoms with Crippen LogP contribution in [0.2, 0.25) is 0 Å². The van der Waals surface area contributed by atoms with Crippen LogP contribution in [0.25, 0.3) is 16.6 Å². The van der Waals surface area contributed by atoms with Crippen molar-refractivity contribution in [3.8, 4) is 11.6 Å². The molecule has 3 aromatic rings. The van der Waals surface area contributed by atoms with Gasteiger partial charge in [-0.15, -0.1) is 0 Å². The lowest BCUT2D eigenvalue weighted by molar-refractivity contribution is 0.415. The number of hydrogen-bond acceptors (Lipinski definition) is 4. The van der Waals surface area contributed by atoms with E-state index in [1.54, 1.807) is 30.3 Å². The van der Waals surface area contributed by atoms with E-state index in [9.17, 15) is 0 Å². The zero-order valence-electron chi connectivity index (χ0n) is 10.8. The molecule has 2 heterocycles.